The first kappa shape index (κ1) is 19.0. The van der Waals surface area contributed by atoms with Crippen LogP contribution in [0.5, 0.6) is 0 Å². The van der Waals surface area contributed by atoms with Gasteiger partial charge in [0.25, 0.3) is 11.8 Å². The molecule has 0 bridgehead atoms. The average molecular weight is 373 g/mol. The van der Waals surface area contributed by atoms with Crippen molar-refractivity contribution < 1.29 is 14.4 Å². The zero-order valence-corrected chi connectivity index (χ0v) is 15.3. The van der Waals surface area contributed by atoms with Gasteiger partial charge in [-0.2, -0.15) is 0 Å². The Bertz CT molecular complexity index is 999. The van der Waals surface area contributed by atoms with E-state index in [2.05, 4.69) is 15.6 Å². The molecule has 6 nitrogen and oxygen atoms in total. The number of rotatable bonds is 6. The largest absolute Gasteiger partial charge is 0.348 e. The summed E-state index contributed by atoms with van der Waals surface area (Å²) in [6.07, 6.45) is 2.81. The van der Waals surface area contributed by atoms with Gasteiger partial charge in [0.1, 0.15) is 0 Å². The van der Waals surface area contributed by atoms with Crippen LogP contribution in [0.2, 0.25) is 0 Å². The Balaban J connectivity index is 1.65. The van der Waals surface area contributed by atoms with E-state index in [1.165, 1.54) is 25.4 Å². The minimum atomic E-state index is -0.388. The minimum absolute atomic E-state index is 0.0451. The maximum absolute atomic E-state index is 12.4. The number of anilines is 1. The summed E-state index contributed by atoms with van der Waals surface area (Å²) in [6.45, 7) is 1.87. The van der Waals surface area contributed by atoms with Crippen molar-refractivity contribution >= 4 is 23.3 Å². The van der Waals surface area contributed by atoms with Crippen molar-refractivity contribution in [3.63, 3.8) is 0 Å². The number of amides is 2. The molecule has 0 saturated carbocycles. The summed E-state index contributed by atoms with van der Waals surface area (Å²) in [6, 6.07) is 17.6. The molecule has 2 amide bonds. The molecule has 0 aliphatic carbocycles. The van der Waals surface area contributed by atoms with Gasteiger partial charge in [-0.1, -0.05) is 30.3 Å². The molecule has 1 aromatic heterocycles. The van der Waals surface area contributed by atoms with E-state index in [4.69, 9.17) is 0 Å². The zero-order valence-electron chi connectivity index (χ0n) is 15.3. The molecular formula is C22H19N3O3. The summed E-state index contributed by atoms with van der Waals surface area (Å²) in [5.74, 6) is -0.742. The molecule has 1 heterocycles. The van der Waals surface area contributed by atoms with Gasteiger partial charge in [-0.25, -0.2) is 0 Å². The lowest BCUT2D eigenvalue weighted by molar-refractivity contribution is 0.0949. The molecule has 0 aliphatic heterocycles. The Morgan fingerprint density at radius 1 is 0.821 bits per heavy atom. The Labute approximate surface area is 162 Å². The van der Waals surface area contributed by atoms with Gasteiger partial charge < -0.3 is 10.6 Å². The van der Waals surface area contributed by atoms with Gasteiger partial charge in [0, 0.05) is 30.2 Å². The average Bonchev–Trinajstić information content (AvgIpc) is 2.73. The topological polar surface area (TPSA) is 88.2 Å². The molecule has 0 aliphatic rings. The Morgan fingerprint density at radius 2 is 1.46 bits per heavy atom. The molecule has 2 aromatic carbocycles. The van der Waals surface area contributed by atoms with Gasteiger partial charge in [0.15, 0.2) is 5.78 Å². The normalized spacial score (nSPS) is 10.2. The Kier molecular flexibility index (Phi) is 5.91. The van der Waals surface area contributed by atoms with E-state index in [-0.39, 0.29) is 23.2 Å². The summed E-state index contributed by atoms with van der Waals surface area (Å²) in [7, 11) is 0. The summed E-state index contributed by atoms with van der Waals surface area (Å²) in [5, 5.41) is 5.53. The number of ketones is 1. The lowest BCUT2D eigenvalue weighted by atomic mass is 10.1. The second kappa shape index (κ2) is 8.73. The van der Waals surface area contributed by atoms with Gasteiger partial charge in [-0.05, 0) is 42.8 Å². The van der Waals surface area contributed by atoms with Crippen LogP contribution in [0.15, 0.2) is 73.1 Å². The van der Waals surface area contributed by atoms with Crippen molar-refractivity contribution in [1.82, 2.24) is 10.3 Å². The first-order chi connectivity index (χ1) is 13.5. The van der Waals surface area contributed by atoms with Crippen LogP contribution in [0.1, 0.15) is 43.6 Å². The number of hydrogen-bond donors (Lipinski definition) is 2. The van der Waals surface area contributed by atoms with E-state index in [0.717, 1.165) is 5.56 Å². The maximum Gasteiger partial charge on any atom is 0.257 e. The third-order valence-corrected chi connectivity index (χ3v) is 4.11. The molecule has 0 spiro atoms. The van der Waals surface area contributed by atoms with Gasteiger partial charge in [0.05, 0.1) is 11.1 Å². The molecule has 3 rings (SSSR count). The molecule has 2 N–H and O–H groups in total. The smallest absolute Gasteiger partial charge is 0.257 e. The van der Waals surface area contributed by atoms with Crippen LogP contribution in [0, 0.1) is 0 Å². The molecule has 0 unspecified atom stereocenters. The van der Waals surface area contributed by atoms with Crippen LogP contribution >= 0.6 is 0 Å². The van der Waals surface area contributed by atoms with Crippen molar-refractivity contribution in [2.45, 2.75) is 13.5 Å². The van der Waals surface area contributed by atoms with Crippen LogP contribution in [0.4, 0.5) is 5.69 Å². The highest BCUT2D eigenvalue weighted by molar-refractivity contribution is 6.06. The van der Waals surface area contributed by atoms with Crippen molar-refractivity contribution in [2.24, 2.45) is 0 Å². The van der Waals surface area contributed by atoms with E-state index >= 15 is 0 Å². The zero-order chi connectivity index (χ0) is 19.9. The van der Waals surface area contributed by atoms with Crippen LogP contribution in [0.25, 0.3) is 0 Å². The van der Waals surface area contributed by atoms with E-state index in [1.54, 1.807) is 24.3 Å². The van der Waals surface area contributed by atoms with Gasteiger partial charge in [-0.15, -0.1) is 0 Å². The van der Waals surface area contributed by atoms with Gasteiger partial charge in [-0.3, -0.25) is 19.4 Å². The fourth-order valence-electron chi connectivity index (χ4n) is 2.56. The number of carbonyl (C=O) groups is 3. The number of nitrogens with zero attached hydrogens (tertiary/aromatic N) is 1. The second-order valence-electron chi connectivity index (χ2n) is 6.22. The number of Topliss-reactive ketones (excluding diaryl/α,β-unsaturated/α-hetero) is 1. The molecule has 0 atom stereocenters. The van der Waals surface area contributed by atoms with E-state index < -0.39 is 0 Å². The predicted octanol–water partition coefficient (Wildman–Crippen LogP) is 3.47. The standard InChI is InChI=1S/C22H19N3O3/c1-15(26)17-7-9-20(10-8-17)25-22(28)19-11-18(13-23-14-19)21(27)24-12-16-5-3-2-4-6-16/h2-11,13-14H,12H2,1H3,(H,24,27)(H,25,28). The lowest BCUT2D eigenvalue weighted by Crippen LogP contribution is -2.23. The van der Waals surface area contributed by atoms with Crippen molar-refractivity contribution in [1.29, 1.82) is 0 Å². The van der Waals surface area contributed by atoms with Crippen molar-refractivity contribution in [2.75, 3.05) is 5.32 Å². The molecular weight excluding hydrogens is 354 g/mol. The number of pyridine rings is 1. The quantitative estimate of drug-likeness (QED) is 0.648. The number of nitrogens with one attached hydrogen (secondary N) is 2. The highest BCUT2D eigenvalue weighted by atomic mass is 16.2. The van der Waals surface area contributed by atoms with E-state index in [9.17, 15) is 14.4 Å². The third-order valence-electron chi connectivity index (χ3n) is 4.11. The number of hydrogen-bond acceptors (Lipinski definition) is 4. The van der Waals surface area contributed by atoms with Crippen LogP contribution < -0.4 is 10.6 Å². The number of aromatic nitrogens is 1. The summed E-state index contributed by atoms with van der Waals surface area (Å²) < 4.78 is 0. The molecule has 0 fully saturated rings. The molecule has 140 valence electrons. The number of carbonyl (C=O) groups excluding carboxylic acids is 3. The molecule has 3 aromatic rings. The molecule has 28 heavy (non-hydrogen) atoms. The Morgan fingerprint density at radius 3 is 2.11 bits per heavy atom. The first-order valence-electron chi connectivity index (χ1n) is 8.72. The van der Waals surface area contributed by atoms with Gasteiger partial charge >= 0.3 is 0 Å². The fraction of sp³-hybridized carbons (Fsp3) is 0.0909. The molecule has 6 heteroatoms. The second-order valence-corrected chi connectivity index (χ2v) is 6.22. The van der Waals surface area contributed by atoms with Crippen LogP contribution in [-0.2, 0) is 6.54 Å². The van der Waals surface area contributed by atoms with Crippen LogP contribution in [-0.4, -0.2) is 22.6 Å². The molecule has 0 saturated heterocycles. The first-order valence-corrected chi connectivity index (χ1v) is 8.72. The molecule has 0 radical (unpaired) electrons. The maximum atomic E-state index is 12.4. The fourth-order valence-corrected chi connectivity index (χ4v) is 2.56. The third kappa shape index (κ3) is 4.88. The summed E-state index contributed by atoms with van der Waals surface area (Å²) in [5.41, 5.74) is 2.66. The van der Waals surface area contributed by atoms with E-state index in [0.29, 0.717) is 23.4 Å². The predicted molar refractivity (Wildman–Crippen MR) is 106 cm³/mol. The highest BCUT2D eigenvalue weighted by Gasteiger charge is 2.12. The van der Waals surface area contributed by atoms with E-state index in [1.807, 2.05) is 30.3 Å². The highest BCUT2D eigenvalue weighted by Crippen LogP contribution is 2.12. The minimum Gasteiger partial charge on any atom is -0.348 e. The SMILES string of the molecule is CC(=O)c1ccc(NC(=O)c2cncc(C(=O)NCc3ccccc3)c2)cc1. The number of benzene rings is 2. The van der Waals surface area contributed by atoms with Crippen LogP contribution in [0.3, 0.4) is 0 Å². The monoisotopic (exact) mass is 373 g/mol. The van der Waals surface area contributed by atoms with Crippen molar-refractivity contribution in [3.8, 4) is 0 Å². The Hall–Kier alpha value is -3.80. The van der Waals surface area contributed by atoms with Gasteiger partial charge in [0.2, 0.25) is 0 Å². The summed E-state index contributed by atoms with van der Waals surface area (Å²) >= 11 is 0. The summed E-state index contributed by atoms with van der Waals surface area (Å²) in [4.78, 5) is 40.1. The van der Waals surface area contributed by atoms with Crippen molar-refractivity contribution in [3.05, 3.63) is 95.3 Å². The lowest BCUT2D eigenvalue weighted by Gasteiger charge is -2.08.